The molecule has 62 heavy (non-hydrogen) atoms. The largest absolute Gasteiger partial charge is 0.456 e. The maximum absolute atomic E-state index is 6.75. The Morgan fingerprint density at radius 3 is 1.95 bits per heavy atom. The maximum Gasteiger partial charge on any atom is 0.333 e. The Bertz CT molecular complexity index is 3960. The zero-order valence-electron chi connectivity index (χ0n) is 35.5. The van der Waals surface area contributed by atoms with Gasteiger partial charge in [0.15, 0.2) is 0 Å². The topological polar surface area (TPSA) is 21.3 Å². The Labute approximate surface area is 367 Å². The molecule has 0 N–H and O–H groups in total. The summed E-state index contributed by atoms with van der Waals surface area (Å²) in [6.07, 6.45) is 0. The third-order valence-electron chi connectivity index (χ3n) is 14.1. The Morgan fingerprint density at radius 2 is 1.13 bits per heavy atom. The average molecular weight is 833 g/mol. The van der Waals surface area contributed by atoms with Gasteiger partial charge in [0.05, 0.1) is 11.0 Å². The van der Waals surface area contributed by atoms with E-state index in [1.54, 1.807) is 0 Å². The third-order valence-corrected chi connectivity index (χ3v) is 16.3. The fraction of sp³-hybridized carbons (Fsp3) is 0.143. The average Bonchev–Trinajstić information content (AvgIpc) is 4.01. The van der Waals surface area contributed by atoms with E-state index in [-0.39, 0.29) is 17.7 Å². The fourth-order valence-electron chi connectivity index (χ4n) is 11.0. The summed E-state index contributed by atoms with van der Waals surface area (Å²) in [7, 11) is 0. The van der Waals surface area contributed by atoms with Crippen LogP contribution in [0.3, 0.4) is 0 Å². The molecule has 0 atom stereocenters. The number of thiophene rings is 2. The van der Waals surface area contributed by atoms with Crippen molar-refractivity contribution >= 4 is 136 Å². The number of hydrogen-bond donors (Lipinski definition) is 0. The molecule has 296 valence electrons. The standard InChI is InChI=1S/C56H41BN2OS2/c1-55(2,3)30-15-18-32(19-16-30)59-45-26-42-35-20-17-31(56(4,5)6)23-50(35)62-52(42)27-38(45)36-21-22-37-39-28-51-41(34-12-8-10-14-49(34)61-51)25-44(39)58-46-24-40-33-11-7-9-13-47(33)60-48(40)29-43(46)57(59)53(36)54(37)58/h7-29H,1-6H3. The monoisotopic (exact) mass is 832 g/mol. The smallest absolute Gasteiger partial charge is 0.333 e. The van der Waals surface area contributed by atoms with Gasteiger partial charge in [-0.3, -0.25) is 0 Å². The first-order valence-electron chi connectivity index (χ1n) is 21.8. The molecular formula is C56H41BN2OS2. The molecule has 0 saturated carbocycles. The van der Waals surface area contributed by atoms with Gasteiger partial charge in [0.25, 0.3) is 0 Å². The van der Waals surface area contributed by atoms with Crippen molar-refractivity contribution in [3.8, 4) is 16.8 Å². The van der Waals surface area contributed by atoms with E-state index in [0.29, 0.717) is 0 Å². The molecule has 0 fully saturated rings. The van der Waals surface area contributed by atoms with Crippen molar-refractivity contribution in [2.45, 2.75) is 52.4 Å². The first-order chi connectivity index (χ1) is 30.0. The fourth-order valence-corrected chi connectivity index (χ4v) is 13.3. The van der Waals surface area contributed by atoms with E-state index in [4.69, 9.17) is 4.42 Å². The summed E-state index contributed by atoms with van der Waals surface area (Å²) in [4.78, 5) is 2.66. The van der Waals surface area contributed by atoms with Crippen LogP contribution in [0.4, 0.5) is 11.4 Å². The number of hydrogen-bond acceptors (Lipinski definition) is 4. The van der Waals surface area contributed by atoms with Gasteiger partial charge in [-0.15, -0.1) is 22.7 Å². The van der Waals surface area contributed by atoms with Crippen LogP contribution in [-0.4, -0.2) is 11.4 Å². The lowest BCUT2D eigenvalue weighted by Gasteiger charge is -2.42. The SMILES string of the molecule is CC(C)(C)c1ccc(N2B3c4cc5oc6ccccc6c5cc4-n4c5cc6c(cc5c5ccc(c3c54)-c3cc4sc5cc(C(C)(C)C)ccc5c4cc32)sc2ccccc26)cc1. The molecule has 0 radical (unpaired) electrons. The molecule has 6 heterocycles. The van der Waals surface area contributed by atoms with Crippen molar-refractivity contribution in [2.75, 3.05) is 4.81 Å². The first-order valence-corrected chi connectivity index (χ1v) is 23.4. The molecular weight excluding hydrogens is 792 g/mol. The number of anilines is 2. The molecule has 0 saturated heterocycles. The molecule has 0 unspecified atom stereocenters. The molecule has 0 spiro atoms. The summed E-state index contributed by atoms with van der Waals surface area (Å²) in [5, 5.41) is 10.2. The van der Waals surface area contributed by atoms with Crippen molar-refractivity contribution in [3.05, 3.63) is 151 Å². The van der Waals surface area contributed by atoms with Gasteiger partial charge >= 0.3 is 6.85 Å². The summed E-state index contributed by atoms with van der Waals surface area (Å²) in [5.74, 6) is 0. The maximum atomic E-state index is 6.75. The normalized spacial score (nSPS) is 13.9. The molecule has 12 aromatic rings. The molecule has 6 heteroatoms. The van der Waals surface area contributed by atoms with Crippen LogP contribution in [0.5, 0.6) is 0 Å². The predicted molar refractivity (Wildman–Crippen MR) is 270 cm³/mol. The predicted octanol–water partition coefficient (Wildman–Crippen LogP) is 15.3. The van der Waals surface area contributed by atoms with Crippen LogP contribution in [0.25, 0.3) is 101 Å². The minimum atomic E-state index is -0.108. The van der Waals surface area contributed by atoms with E-state index in [0.717, 1.165) is 21.9 Å². The molecule has 8 aromatic carbocycles. The van der Waals surface area contributed by atoms with E-state index in [1.807, 2.05) is 22.7 Å². The Balaban J connectivity index is 1.15. The molecule has 3 nitrogen and oxygen atoms in total. The van der Waals surface area contributed by atoms with Gasteiger partial charge in [0, 0.05) is 84.5 Å². The van der Waals surface area contributed by atoms with Gasteiger partial charge in [0.1, 0.15) is 11.2 Å². The second-order valence-corrected chi connectivity index (χ2v) is 21.9. The zero-order valence-corrected chi connectivity index (χ0v) is 37.1. The molecule has 0 bridgehead atoms. The lowest BCUT2D eigenvalue weighted by atomic mass is 9.44. The van der Waals surface area contributed by atoms with E-state index >= 15 is 0 Å². The molecule has 2 aliphatic rings. The quantitative estimate of drug-likeness (QED) is 0.154. The van der Waals surface area contributed by atoms with E-state index in [9.17, 15) is 0 Å². The number of fused-ring (bicyclic) bond motifs is 17. The lowest BCUT2D eigenvalue weighted by Crippen LogP contribution is -2.60. The van der Waals surface area contributed by atoms with E-state index in [2.05, 4.69) is 190 Å². The van der Waals surface area contributed by atoms with Crippen molar-refractivity contribution in [1.29, 1.82) is 0 Å². The Hall–Kier alpha value is -6.34. The number of furan rings is 1. The van der Waals surface area contributed by atoms with Crippen LogP contribution >= 0.6 is 22.7 Å². The van der Waals surface area contributed by atoms with Crippen molar-refractivity contribution in [3.63, 3.8) is 0 Å². The number of aromatic nitrogens is 1. The third kappa shape index (κ3) is 4.61. The summed E-state index contributed by atoms with van der Waals surface area (Å²) >= 11 is 3.82. The van der Waals surface area contributed by atoms with Gasteiger partial charge in [-0.25, -0.2) is 0 Å². The van der Waals surface area contributed by atoms with Crippen LogP contribution in [0.2, 0.25) is 0 Å². The molecule has 14 rings (SSSR count). The van der Waals surface area contributed by atoms with Gasteiger partial charge in [-0.1, -0.05) is 114 Å². The highest BCUT2D eigenvalue weighted by Gasteiger charge is 2.44. The summed E-state index contributed by atoms with van der Waals surface area (Å²) in [6, 6.07) is 53.5. The highest BCUT2D eigenvalue weighted by atomic mass is 32.1. The Kier molecular flexibility index (Phi) is 6.70. The van der Waals surface area contributed by atoms with Crippen LogP contribution in [-0.2, 0) is 10.8 Å². The minimum Gasteiger partial charge on any atom is -0.456 e. The van der Waals surface area contributed by atoms with Gasteiger partial charge in [0.2, 0.25) is 0 Å². The van der Waals surface area contributed by atoms with Crippen molar-refractivity contribution in [1.82, 2.24) is 4.57 Å². The van der Waals surface area contributed by atoms with Gasteiger partial charge in [-0.05, 0) is 105 Å². The summed E-state index contributed by atoms with van der Waals surface area (Å²) in [5.41, 5.74) is 16.0. The summed E-state index contributed by atoms with van der Waals surface area (Å²) < 4.78 is 14.7. The first kappa shape index (κ1) is 35.3. The molecule has 2 aliphatic heterocycles. The molecule has 4 aromatic heterocycles. The second-order valence-electron chi connectivity index (χ2n) is 19.7. The van der Waals surface area contributed by atoms with Gasteiger partial charge < -0.3 is 13.8 Å². The van der Waals surface area contributed by atoms with Gasteiger partial charge in [-0.2, -0.15) is 0 Å². The number of nitrogens with zero attached hydrogens (tertiary/aromatic N) is 2. The minimum absolute atomic E-state index is 0.0368. The number of rotatable bonds is 1. The molecule has 0 amide bonds. The van der Waals surface area contributed by atoms with Crippen LogP contribution in [0.1, 0.15) is 52.7 Å². The second kappa shape index (κ2) is 11.8. The van der Waals surface area contributed by atoms with Crippen LogP contribution in [0.15, 0.2) is 144 Å². The highest BCUT2D eigenvalue weighted by molar-refractivity contribution is 7.26. The van der Waals surface area contributed by atoms with Crippen molar-refractivity contribution in [2.24, 2.45) is 0 Å². The van der Waals surface area contributed by atoms with E-state index < -0.39 is 0 Å². The van der Waals surface area contributed by atoms with Crippen molar-refractivity contribution < 1.29 is 4.42 Å². The molecule has 0 aliphatic carbocycles. The Morgan fingerprint density at radius 1 is 0.468 bits per heavy atom. The number of para-hydroxylation sites is 1. The summed E-state index contributed by atoms with van der Waals surface area (Å²) in [6.45, 7) is 13.7. The van der Waals surface area contributed by atoms with E-state index in [1.165, 1.54) is 112 Å². The van der Waals surface area contributed by atoms with Crippen LogP contribution in [0, 0.1) is 0 Å². The number of benzene rings is 8. The van der Waals surface area contributed by atoms with Crippen LogP contribution < -0.4 is 15.7 Å². The lowest BCUT2D eigenvalue weighted by molar-refractivity contribution is 0.590. The zero-order chi connectivity index (χ0) is 41.6. The highest BCUT2D eigenvalue weighted by Crippen LogP contribution is 2.50.